The molecule has 2 atom stereocenters. The van der Waals surface area contributed by atoms with Gasteiger partial charge in [0.2, 0.25) is 0 Å². The molecule has 2 aliphatic rings. The summed E-state index contributed by atoms with van der Waals surface area (Å²) in [6, 6.07) is 6.73. The summed E-state index contributed by atoms with van der Waals surface area (Å²) < 4.78 is 22.0. The number of benzene rings is 1. The molecule has 140 valence electrons. The first-order valence-corrected chi connectivity index (χ1v) is 9.79. The van der Waals surface area contributed by atoms with Crippen LogP contribution in [0.5, 0.6) is 0 Å². The molecule has 1 saturated carbocycles. The zero-order valence-electron chi connectivity index (χ0n) is 15.5. The molecule has 1 aromatic heterocycles. The van der Waals surface area contributed by atoms with Crippen LogP contribution in [0, 0.1) is 5.82 Å². The third kappa shape index (κ3) is 3.84. The average molecular weight is 357 g/mol. The van der Waals surface area contributed by atoms with Gasteiger partial charge in [-0.1, -0.05) is 31.4 Å². The number of nitrogens with one attached hydrogen (secondary N) is 1. The monoisotopic (exact) mass is 357 g/mol. The molecular formula is C21H28FN3O. The molecule has 2 unspecified atom stereocenters. The Morgan fingerprint density at radius 2 is 2.12 bits per heavy atom. The maximum Gasteiger partial charge on any atom is 0.123 e. The summed E-state index contributed by atoms with van der Waals surface area (Å²) in [5.74, 6) is -0.212. The molecule has 0 radical (unpaired) electrons. The van der Waals surface area contributed by atoms with Crippen molar-refractivity contribution in [2.75, 3.05) is 6.54 Å². The van der Waals surface area contributed by atoms with Crippen LogP contribution >= 0.6 is 0 Å². The van der Waals surface area contributed by atoms with E-state index in [1.54, 1.807) is 16.8 Å². The van der Waals surface area contributed by atoms with Crippen LogP contribution in [-0.2, 0) is 11.8 Å². The summed E-state index contributed by atoms with van der Waals surface area (Å²) >= 11 is 0. The number of nitrogens with zero attached hydrogens (tertiary/aromatic N) is 2. The molecule has 26 heavy (non-hydrogen) atoms. The van der Waals surface area contributed by atoms with Gasteiger partial charge in [-0.25, -0.2) is 4.39 Å². The molecule has 1 aliphatic heterocycles. The second-order valence-corrected chi connectivity index (χ2v) is 7.87. The molecule has 2 fully saturated rings. The highest BCUT2D eigenvalue weighted by molar-refractivity contribution is 5.29. The lowest BCUT2D eigenvalue weighted by atomic mass is 9.83. The lowest BCUT2D eigenvalue weighted by Gasteiger charge is -2.33. The van der Waals surface area contributed by atoms with Crippen LogP contribution in [0.25, 0.3) is 0 Å². The van der Waals surface area contributed by atoms with E-state index < -0.39 is 0 Å². The van der Waals surface area contributed by atoms with Gasteiger partial charge < -0.3 is 10.1 Å². The molecule has 1 saturated heterocycles. The molecule has 1 spiro atoms. The fourth-order valence-corrected chi connectivity index (χ4v) is 4.56. The minimum atomic E-state index is -0.212. The minimum absolute atomic E-state index is 0.0779. The molecule has 2 aromatic rings. The second kappa shape index (κ2) is 7.49. The van der Waals surface area contributed by atoms with Crippen molar-refractivity contribution in [2.24, 2.45) is 7.05 Å². The Morgan fingerprint density at radius 1 is 1.27 bits per heavy atom. The summed E-state index contributed by atoms with van der Waals surface area (Å²) in [6.45, 7) is 0.776. The number of halogens is 1. The van der Waals surface area contributed by atoms with E-state index in [-0.39, 0.29) is 23.6 Å². The van der Waals surface area contributed by atoms with Gasteiger partial charge in [0.25, 0.3) is 0 Å². The molecule has 2 heterocycles. The van der Waals surface area contributed by atoms with Crippen molar-refractivity contribution < 1.29 is 9.13 Å². The summed E-state index contributed by atoms with van der Waals surface area (Å²) in [7, 11) is 1.90. The highest BCUT2D eigenvalue weighted by atomic mass is 19.1. The van der Waals surface area contributed by atoms with Crippen molar-refractivity contribution in [3.63, 3.8) is 0 Å². The van der Waals surface area contributed by atoms with Gasteiger partial charge in [-0.05, 0) is 43.4 Å². The van der Waals surface area contributed by atoms with Crippen LogP contribution in [0.2, 0.25) is 0 Å². The Labute approximate surface area is 154 Å². The van der Waals surface area contributed by atoms with Gasteiger partial charge in [0, 0.05) is 25.4 Å². The first-order chi connectivity index (χ1) is 12.6. The molecule has 4 rings (SSSR count). The highest BCUT2D eigenvalue weighted by Crippen LogP contribution is 2.41. The van der Waals surface area contributed by atoms with Crippen molar-refractivity contribution in [1.82, 2.24) is 15.1 Å². The molecule has 1 aromatic carbocycles. The first-order valence-electron chi connectivity index (χ1n) is 9.79. The topological polar surface area (TPSA) is 39.1 Å². The average Bonchev–Trinajstić information content (AvgIpc) is 3.23. The highest BCUT2D eigenvalue weighted by Gasteiger charge is 2.40. The second-order valence-electron chi connectivity index (χ2n) is 7.87. The van der Waals surface area contributed by atoms with Crippen molar-refractivity contribution in [1.29, 1.82) is 0 Å². The van der Waals surface area contributed by atoms with E-state index in [1.165, 1.54) is 44.6 Å². The third-order valence-electron chi connectivity index (χ3n) is 5.89. The molecule has 0 bridgehead atoms. The first kappa shape index (κ1) is 17.7. The molecule has 5 heteroatoms. The normalized spacial score (nSPS) is 23.4. The number of hydrogen-bond acceptors (Lipinski definition) is 3. The lowest BCUT2D eigenvalue weighted by molar-refractivity contribution is -0.0627. The number of aryl methyl sites for hydroxylation is 1. The van der Waals surface area contributed by atoms with Crippen molar-refractivity contribution in [3.05, 3.63) is 53.6 Å². The number of hydrogen-bond donors (Lipinski definition) is 1. The van der Waals surface area contributed by atoms with Crippen LogP contribution in [0.1, 0.15) is 62.1 Å². The minimum Gasteiger partial charge on any atom is -0.370 e. The Kier molecular flexibility index (Phi) is 5.09. The Bertz CT molecular complexity index is 738. The van der Waals surface area contributed by atoms with Crippen molar-refractivity contribution in [3.8, 4) is 0 Å². The summed E-state index contributed by atoms with van der Waals surface area (Å²) in [5.41, 5.74) is 2.10. The van der Waals surface area contributed by atoms with Crippen LogP contribution < -0.4 is 5.32 Å². The number of ether oxygens (including phenoxy) is 1. The van der Waals surface area contributed by atoms with Crippen LogP contribution in [0.4, 0.5) is 4.39 Å². The largest absolute Gasteiger partial charge is 0.370 e. The zero-order chi connectivity index (χ0) is 18.0. The van der Waals surface area contributed by atoms with Crippen LogP contribution in [0.15, 0.2) is 36.7 Å². The predicted octanol–water partition coefficient (Wildman–Crippen LogP) is 4.12. The fourth-order valence-electron chi connectivity index (χ4n) is 4.56. The molecule has 1 aliphatic carbocycles. The lowest BCUT2D eigenvalue weighted by Crippen LogP contribution is -2.35. The molecular weight excluding hydrogens is 329 g/mol. The van der Waals surface area contributed by atoms with E-state index in [0.717, 1.165) is 24.1 Å². The van der Waals surface area contributed by atoms with Gasteiger partial charge in [0.05, 0.1) is 23.9 Å². The van der Waals surface area contributed by atoms with E-state index in [9.17, 15) is 4.39 Å². The maximum absolute atomic E-state index is 13.8. The van der Waals surface area contributed by atoms with Gasteiger partial charge in [-0.2, -0.15) is 5.10 Å². The Hall–Kier alpha value is -1.72. The maximum atomic E-state index is 13.8. The van der Waals surface area contributed by atoms with E-state index in [1.807, 2.05) is 25.5 Å². The van der Waals surface area contributed by atoms with Gasteiger partial charge in [0.15, 0.2) is 0 Å². The molecule has 0 amide bonds. The summed E-state index contributed by atoms with van der Waals surface area (Å²) in [4.78, 5) is 0. The van der Waals surface area contributed by atoms with Gasteiger partial charge in [-0.15, -0.1) is 0 Å². The Morgan fingerprint density at radius 3 is 2.85 bits per heavy atom. The van der Waals surface area contributed by atoms with Crippen LogP contribution in [0.3, 0.4) is 0 Å². The standard InChI is InChI=1S/C21H28FN3O/c1-25-15-17(13-24-25)20(16-6-5-7-18(22)12-16)23-14-19-8-11-21(26-19)9-3-2-4-10-21/h5-7,12-13,15,19-20,23H,2-4,8-11,14H2,1H3. The number of rotatable bonds is 5. The van der Waals surface area contributed by atoms with Crippen molar-refractivity contribution in [2.45, 2.75) is 62.7 Å². The summed E-state index contributed by atoms with van der Waals surface area (Å²) in [6.07, 6.45) is 12.7. The summed E-state index contributed by atoms with van der Waals surface area (Å²) in [5, 5.41) is 7.90. The SMILES string of the molecule is Cn1cc(C(NCC2CCC3(CCCCC3)O2)c2cccc(F)c2)cn1. The van der Waals surface area contributed by atoms with E-state index >= 15 is 0 Å². The van der Waals surface area contributed by atoms with Crippen LogP contribution in [-0.4, -0.2) is 28.0 Å². The smallest absolute Gasteiger partial charge is 0.123 e. The van der Waals surface area contributed by atoms with E-state index in [4.69, 9.17) is 4.74 Å². The molecule has 1 N–H and O–H groups in total. The van der Waals surface area contributed by atoms with E-state index in [2.05, 4.69) is 10.4 Å². The van der Waals surface area contributed by atoms with Crippen molar-refractivity contribution >= 4 is 0 Å². The predicted molar refractivity (Wildman–Crippen MR) is 99.4 cm³/mol. The van der Waals surface area contributed by atoms with Gasteiger partial charge in [0.1, 0.15) is 5.82 Å². The van der Waals surface area contributed by atoms with E-state index in [0.29, 0.717) is 0 Å². The zero-order valence-corrected chi connectivity index (χ0v) is 15.5. The van der Waals surface area contributed by atoms with Gasteiger partial charge >= 0.3 is 0 Å². The fraction of sp³-hybridized carbons (Fsp3) is 0.571. The third-order valence-corrected chi connectivity index (χ3v) is 5.89. The quantitative estimate of drug-likeness (QED) is 0.875. The van der Waals surface area contributed by atoms with Gasteiger partial charge in [-0.3, -0.25) is 4.68 Å². The Balaban J connectivity index is 1.45. The molecule has 4 nitrogen and oxygen atoms in total. The number of aromatic nitrogens is 2.